The molecule has 112 valence electrons. The molecule has 2 unspecified atom stereocenters. The van der Waals surface area contributed by atoms with Gasteiger partial charge in [-0.05, 0) is 83.9 Å². The van der Waals surface area contributed by atoms with Crippen molar-refractivity contribution in [2.45, 2.75) is 25.7 Å². The van der Waals surface area contributed by atoms with Crippen molar-refractivity contribution in [3.8, 4) is 12.1 Å². The molecular weight excluding hydrogens is 268 g/mol. The molecule has 0 aromatic carbocycles. The molecule has 0 aromatic heterocycles. The van der Waals surface area contributed by atoms with Crippen LogP contribution < -0.4 is 0 Å². The summed E-state index contributed by atoms with van der Waals surface area (Å²) < 4.78 is 0. The van der Waals surface area contributed by atoms with Crippen LogP contribution in [-0.2, 0) is 0 Å². The summed E-state index contributed by atoms with van der Waals surface area (Å²) in [6.07, 6.45) is 9.34. The zero-order chi connectivity index (χ0) is 14.6. The van der Waals surface area contributed by atoms with Crippen LogP contribution in [0.2, 0.25) is 0 Å². The molecule has 6 aliphatic carbocycles. The third-order valence-corrected chi connectivity index (χ3v) is 9.04. The minimum Gasteiger partial charge on any atom is -0.198 e. The Balaban J connectivity index is 1.47. The Hall–Kier alpha value is -1.28. The predicted molar refractivity (Wildman–Crippen MR) is 80.7 cm³/mol. The third-order valence-electron chi connectivity index (χ3n) is 9.04. The maximum Gasteiger partial charge on any atom is 0.0624 e. The lowest BCUT2D eigenvalue weighted by Gasteiger charge is -2.27. The highest BCUT2D eigenvalue weighted by atomic mass is 14.8. The van der Waals surface area contributed by atoms with Crippen LogP contribution in [0.5, 0.6) is 0 Å². The fourth-order valence-electron chi connectivity index (χ4n) is 9.17. The van der Waals surface area contributed by atoms with Crippen LogP contribution in [0, 0.1) is 93.7 Å². The molecule has 0 N–H and O–H groups in total. The molecule has 0 aliphatic heterocycles. The number of fused-ring (bicyclic) bond motifs is 3. The van der Waals surface area contributed by atoms with Gasteiger partial charge in [-0.1, -0.05) is 12.2 Å². The first-order chi connectivity index (χ1) is 10.8. The van der Waals surface area contributed by atoms with E-state index in [1.54, 1.807) is 0 Å². The van der Waals surface area contributed by atoms with Gasteiger partial charge >= 0.3 is 0 Å². The number of hydrogen-bond acceptors (Lipinski definition) is 2. The van der Waals surface area contributed by atoms with E-state index >= 15 is 0 Å². The molecule has 6 aliphatic rings. The van der Waals surface area contributed by atoms with Gasteiger partial charge in [0.15, 0.2) is 0 Å². The zero-order valence-corrected chi connectivity index (χ0v) is 12.8. The Bertz CT molecular complexity index is 598. The van der Waals surface area contributed by atoms with Crippen LogP contribution in [0.15, 0.2) is 12.2 Å². The summed E-state index contributed by atoms with van der Waals surface area (Å²) in [5.41, 5.74) is 0. The summed E-state index contributed by atoms with van der Waals surface area (Å²) in [6.45, 7) is 0. The number of nitrogens with zero attached hydrogens (tertiary/aromatic N) is 2. The van der Waals surface area contributed by atoms with E-state index in [-0.39, 0.29) is 0 Å². The molecule has 5 saturated carbocycles. The highest BCUT2D eigenvalue weighted by Gasteiger charge is 2.76. The number of nitriles is 2. The van der Waals surface area contributed by atoms with Gasteiger partial charge in [-0.25, -0.2) is 0 Å². The average Bonchev–Trinajstić information content (AvgIpc) is 3.21. The topological polar surface area (TPSA) is 47.6 Å². The number of allylic oxidation sites excluding steroid dienone is 2. The molecular formula is C20H22N2. The summed E-state index contributed by atoms with van der Waals surface area (Å²) in [5.74, 6) is 10.2. The first-order valence-electron chi connectivity index (χ1n) is 9.27. The van der Waals surface area contributed by atoms with Crippen molar-refractivity contribution in [1.82, 2.24) is 0 Å². The molecule has 5 fully saturated rings. The quantitative estimate of drug-likeness (QED) is 0.729. The Labute approximate surface area is 132 Å². The first kappa shape index (κ1) is 12.2. The van der Waals surface area contributed by atoms with E-state index in [0.29, 0.717) is 11.8 Å². The molecule has 0 aromatic rings. The maximum absolute atomic E-state index is 9.26. The minimum atomic E-state index is 0.674. The summed E-state index contributed by atoms with van der Waals surface area (Å²) in [7, 11) is 0. The van der Waals surface area contributed by atoms with E-state index < -0.39 is 0 Å². The standard InChI is InChI=1S/C20H22N2/c21-5-3-9-7-13-14-8-10(4-6-22)16-12-2-1-11-15(9)18(13)20(17(11)12)19(14)16/h1-2,9-20H,3-4,7-8H2/t9-,10+,11-,12-,13-,14+,15+,16+,17?,18+,19+,20?/m0/s1. The maximum atomic E-state index is 9.26. The second kappa shape index (κ2) is 3.79. The largest absolute Gasteiger partial charge is 0.198 e. The Kier molecular flexibility index (Phi) is 2.10. The van der Waals surface area contributed by atoms with Crippen LogP contribution >= 0.6 is 0 Å². The van der Waals surface area contributed by atoms with Gasteiger partial charge in [0.05, 0.1) is 12.1 Å². The van der Waals surface area contributed by atoms with Crippen molar-refractivity contribution in [2.75, 3.05) is 0 Å². The SMILES string of the molecule is N#CC[C@@H]1C[C@@H]2[C@@H]3C[C@H](CC#N)[C@H]4[C@@H]3C3C5[C@@H](C=C[C@H]54)[C@@H]1[C@H]32. The fourth-order valence-corrected chi connectivity index (χ4v) is 9.17. The summed E-state index contributed by atoms with van der Waals surface area (Å²) in [6, 6.07) is 4.98. The molecule has 22 heavy (non-hydrogen) atoms. The summed E-state index contributed by atoms with van der Waals surface area (Å²) in [5, 5.41) is 18.5. The van der Waals surface area contributed by atoms with Crippen molar-refractivity contribution in [2.24, 2.45) is 71.0 Å². The van der Waals surface area contributed by atoms with Crippen LogP contribution in [-0.4, -0.2) is 0 Å². The molecule has 2 heteroatoms. The molecule has 0 bridgehead atoms. The van der Waals surface area contributed by atoms with E-state index in [0.717, 1.165) is 72.0 Å². The van der Waals surface area contributed by atoms with Crippen molar-refractivity contribution in [3.05, 3.63) is 12.2 Å². The van der Waals surface area contributed by atoms with E-state index in [1.807, 2.05) is 0 Å². The first-order valence-corrected chi connectivity index (χ1v) is 9.27. The van der Waals surface area contributed by atoms with Gasteiger partial charge in [-0.15, -0.1) is 0 Å². The lowest BCUT2D eigenvalue weighted by atomic mass is 9.77. The molecule has 12 atom stereocenters. The third kappa shape index (κ3) is 1.08. The molecule has 6 rings (SSSR count). The van der Waals surface area contributed by atoms with Crippen molar-refractivity contribution in [3.63, 3.8) is 0 Å². The van der Waals surface area contributed by atoms with E-state index in [9.17, 15) is 10.5 Å². The smallest absolute Gasteiger partial charge is 0.0624 e. The summed E-state index contributed by atoms with van der Waals surface area (Å²) in [4.78, 5) is 0. The van der Waals surface area contributed by atoms with Gasteiger partial charge in [0.25, 0.3) is 0 Å². The van der Waals surface area contributed by atoms with Gasteiger partial charge in [0, 0.05) is 12.8 Å². The second-order valence-electron chi connectivity index (χ2n) is 9.05. The number of rotatable bonds is 2. The van der Waals surface area contributed by atoms with Gasteiger partial charge in [-0.3, -0.25) is 0 Å². The molecule has 0 radical (unpaired) electrons. The predicted octanol–water partition coefficient (Wildman–Crippen LogP) is 3.63. The molecule has 0 amide bonds. The van der Waals surface area contributed by atoms with Crippen molar-refractivity contribution < 1.29 is 0 Å². The molecule has 0 heterocycles. The van der Waals surface area contributed by atoms with Crippen LogP contribution in [0.25, 0.3) is 0 Å². The van der Waals surface area contributed by atoms with Crippen LogP contribution in [0.3, 0.4) is 0 Å². The van der Waals surface area contributed by atoms with E-state index in [1.165, 1.54) is 12.8 Å². The highest BCUT2D eigenvalue weighted by Crippen LogP contribution is 2.80. The van der Waals surface area contributed by atoms with Gasteiger partial charge < -0.3 is 0 Å². The number of hydrogen-bond donors (Lipinski definition) is 0. The monoisotopic (exact) mass is 290 g/mol. The van der Waals surface area contributed by atoms with Crippen molar-refractivity contribution >= 4 is 0 Å². The van der Waals surface area contributed by atoms with E-state index in [2.05, 4.69) is 24.3 Å². The van der Waals surface area contributed by atoms with E-state index in [4.69, 9.17) is 0 Å². The molecule has 0 spiro atoms. The Morgan fingerprint density at radius 3 is 1.64 bits per heavy atom. The normalized spacial score (nSPS) is 64.1. The Morgan fingerprint density at radius 1 is 0.682 bits per heavy atom. The Morgan fingerprint density at radius 2 is 1.18 bits per heavy atom. The van der Waals surface area contributed by atoms with Gasteiger partial charge in [0.2, 0.25) is 0 Å². The zero-order valence-electron chi connectivity index (χ0n) is 12.8. The fraction of sp³-hybridized carbons (Fsp3) is 0.800. The van der Waals surface area contributed by atoms with Crippen LogP contribution in [0.1, 0.15) is 25.7 Å². The van der Waals surface area contributed by atoms with Crippen LogP contribution in [0.4, 0.5) is 0 Å². The average molecular weight is 290 g/mol. The highest BCUT2D eigenvalue weighted by molar-refractivity contribution is 5.31. The van der Waals surface area contributed by atoms with Gasteiger partial charge in [-0.2, -0.15) is 10.5 Å². The minimum absolute atomic E-state index is 0.674. The second-order valence-corrected chi connectivity index (χ2v) is 9.05. The van der Waals surface area contributed by atoms with Crippen molar-refractivity contribution in [1.29, 1.82) is 10.5 Å². The molecule has 2 nitrogen and oxygen atoms in total. The molecule has 0 saturated heterocycles. The lowest BCUT2D eigenvalue weighted by molar-refractivity contribution is 0.225. The lowest BCUT2D eigenvalue weighted by Crippen LogP contribution is -2.23. The summed E-state index contributed by atoms with van der Waals surface area (Å²) >= 11 is 0. The van der Waals surface area contributed by atoms with Gasteiger partial charge in [0.1, 0.15) is 0 Å².